The van der Waals surface area contributed by atoms with Crippen LogP contribution in [-0.2, 0) is 4.79 Å². The van der Waals surface area contributed by atoms with E-state index < -0.39 is 6.04 Å². The molecule has 1 amide bonds. The average molecular weight is 508 g/mol. The van der Waals surface area contributed by atoms with Gasteiger partial charge in [-0.2, -0.15) is 0 Å². The van der Waals surface area contributed by atoms with Crippen molar-refractivity contribution in [2.75, 3.05) is 7.11 Å². The Kier molecular flexibility index (Phi) is 8.37. The fraction of sp³-hybridized carbons (Fsp3) is 0.385. The largest absolute Gasteiger partial charge is 0.480 e. The number of rotatable bonds is 12. The van der Waals surface area contributed by atoms with E-state index in [1.54, 1.807) is 20.2 Å². The maximum absolute atomic E-state index is 12.9. The molecule has 0 unspecified atom stereocenters. The number of unbranched alkanes of at least 4 members (excludes halogenated alkanes) is 2. The Morgan fingerprint density at radius 3 is 2.78 bits per heavy atom. The van der Waals surface area contributed by atoms with Gasteiger partial charge in [0.05, 0.1) is 30.1 Å². The van der Waals surface area contributed by atoms with Crippen LogP contribution in [0.4, 0.5) is 0 Å². The molecule has 1 aromatic carbocycles. The van der Waals surface area contributed by atoms with Crippen molar-refractivity contribution in [2.45, 2.75) is 58.4 Å². The van der Waals surface area contributed by atoms with Crippen molar-refractivity contribution < 1.29 is 18.7 Å². The quantitative estimate of drug-likeness (QED) is 0.251. The Bertz CT molecular complexity index is 1350. The van der Waals surface area contributed by atoms with Gasteiger partial charge in [0.2, 0.25) is 11.8 Å². The Hall–Kier alpha value is -3.66. The highest BCUT2D eigenvalue weighted by molar-refractivity contribution is 7.08. The molecular formula is C26H29N5O4S. The topological polar surface area (TPSA) is 120 Å². The summed E-state index contributed by atoms with van der Waals surface area (Å²) in [5, 5.41) is 7.91. The third-order valence-corrected chi connectivity index (χ3v) is 6.80. The number of fused-ring (bicyclic) bond motifs is 1. The molecule has 1 N–H and O–H groups in total. The Labute approximate surface area is 213 Å². The molecule has 4 rings (SSSR count). The fourth-order valence-electron chi connectivity index (χ4n) is 3.95. The highest BCUT2D eigenvalue weighted by atomic mass is 32.1. The van der Waals surface area contributed by atoms with Gasteiger partial charge in [-0.3, -0.25) is 9.59 Å². The van der Waals surface area contributed by atoms with Gasteiger partial charge in [0, 0.05) is 18.2 Å². The van der Waals surface area contributed by atoms with E-state index in [9.17, 15) is 9.59 Å². The van der Waals surface area contributed by atoms with Crippen molar-refractivity contribution in [1.82, 2.24) is 24.9 Å². The predicted molar refractivity (Wildman–Crippen MR) is 137 cm³/mol. The highest BCUT2D eigenvalue weighted by Gasteiger charge is 2.24. The van der Waals surface area contributed by atoms with Crippen molar-refractivity contribution in [3.8, 4) is 17.2 Å². The van der Waals surface area contributed by atoms with E-state index in [4.69, 9.17) is 9.15 Å². The standard InChI is InChI=1S/C26H29N5O4S/c1-4-18(32)11-6-5-7-13-21(28-24(33)23-16(2)30-31-36-23)26-27-15-22(35-26)19-14-17-10-8-9-12-20(17)29-25(19)34-3/h8-10,12,14-15,21H,4-7,11,13H2,1-3H3,(H,28,33)/t21-/m0/s1. The monoisotopic (exact) mass is 507 g/mol. The number of ether oxygens (including phenoxy) is 1. The second kappa shape index (κ2) is 11.9. The maximum Gasteiger partial charge on any atom is 0.265 e. The zero-order valence-corrected chi connectivity index (χ0v) is 21.4. The van der Waals surface area contributed by atoms with Crippen molar-refractivity contribution in [3.05, 3.63) is 53.0 Å². The molecule has 10 heteroatoms. The van der Waals surface area contributed by atoms with Crippen LogP contribution in [-0.4, -0.2) is 38.4 Å². The number of Topliss-reactive ketones (excluding diaryl/α,β-unsaturated/α-hetero) is 1. The predicted octanol–water partition coefficient (Wildman–Crippen LogP) is 5.46. The summed E-state index contributed by atoms with van der Waals surface area (Å²) in [7, 11) is 1.57. The molecule has 0 aliphatic heterocycles. The van der Waals surface area contributed by atoms with Gasteiger partial charge in [-0.25, -0.2) is 9.97 Å². The van der Waals surface area contributed by atoms with Crippen LogP contribution in [0.5, 0.6) is 5.88 Å². The summed E-state index contributed by atoms with van der Waals surface area (Å²) in [5.41, 5.74) is 2.08. The van der Waals surface area contributed by atoms with Crippen molar-refractivity contribution >= 4 is 34.1 Å². The number of nitrogens with zero attached hydrogens (tertiary/aromatic N) is 4. The SMILES string of the molecule is CCC(=O)CCCCC[C@H](NC(=O)c1snnc1C)c1ncc(-c2cc3ccccc3nc2OC)o1. The number of para-hydroxylation sites is 1. The number of benzene rings is 1. The lowest BCUT2D eigenvalue weighted by Gasteiger charge is -2.15. The lowest BCUT2D eigenvalue weighted by molar-refractivity contribution is -0.118. The molecule has 188 valence electrons. The molecule has 0 radical (unpaired) electrons. The highest BCUT2D eigenvalue weighted by Crippen LogP contribution is 2.33. The summed E-state index contributed by atoms with van der Waals surface area (Å²) < 4.78 is 15.5. The molecular weight excluding hydrogens is 478 g/mol. The van der Waals surface area contributed by atoms with Gasteiger partial charge < -0.3 is 14.5 Å². The fourth-order valence-corrected chi connectivity index (χ4v) is 4.51. The van der Waals surface area contributed by atoms with Gasteiger partial charge in [0.1, 0.15) is 16.7 Å². The lowest BCUT2D eigenvalue weighted by Crippen LogP contribution is -2.28. The van der Waals surface area contributed by atoms with Crippen molar-refractivity contribution in [2.24, 2.45) is 0 Å². The Balaban J connectivity index is 1.56. The molecule has 3 heterocycles. The van der Waals surface area contributed by atoms with Gasteiger partial charge in [0.25, 0.3) is 5.91 Å². The van der Waals surface area contributed by atoms with Crippen molar-refractivity contribution in [1.29, 1.82) is 0 Å². The van der Waals surface area contributed by atoms with E-state index >= 15 is 0 Å². The summed E-state index contributed by atoms with van der Waals surface area (Å²) >= 11 is 1.05. The normalized spacial score (nSPS) is 12.0. The first-order valence-electron chi connectivity index (χ1n) is 12.0. The molecule has 0 saturated heterocycles. The number of oxazole rings is 1. The van der Waals surface area contributed by atoms with E-state index in [0.29, 0.717) is 52.9 Å². The zero-order chi connectivity index (χ0) is 25.5. The molecule has 3 aromatic heterocycles. The van der Waals surface area contributed by atoms with Gasteiger partial charge >= 0.3 is 0 Å². The summed E-state index contributed by atoms with van der Waals surface area (Å²) in [6.07, 6.45) is 5.88. The molecule has 0 saturated carbocycles. The Morgan fingerprint density at radius 1 is 1.19 bits per heavy atom. The third-order valence-electron chi connectivity index (χ3n) is 5.98. The van der Waals surface area contributed by atoms with Gasteiger partial charge in [0.15, 0.2) is 5.76 Å². The molecule has 0 fully saturated rings. The first kappa shape index (κ1) is 25.4. The van der Waals surface area contributed by atoms with Gasteiger partial charge in [-0.15, -0.1) is 5.10 Å². The lowest BCUT2D eigenvalue weighted by atomic mass is 10.0. The maximum atomic E-state index is 12.9. The molecule has 0 aliphatic rings. The van der Waals surface area contributed by atoms with E-state index in [1.165, 1.54) is 0 Å². The summed E-state index contributed by atoms with van der Waals surface area (Å²) in [5.74, 6) is 1.34. The molecule has 36 heavy (non-hydrogen) atoms. The van der Waals surface area contributed by atoms with Crippen LogP contribution < -0.4 is 10.1 Å². The van der Waals surface area contributed by atoms with Crippen LogP contribution in [0.25, 0.3) is 22.2 Å². The number of nitrogens with one attached hydrogen (secondary N) is 1. The number of carbonyl (C=O) groups excluding carboxylic acids is 2. The molecule has 1 atom stereocenters. The van der Waals surface area contributed by atoms with E-state index in [2.05, 4.69) is 24.9 Å². The number of hydrogen-bond acceptors (Lipinski definition) is 9. The minimum absolute atomic E-state index is 0.265. The smallest absolute Gasteiger partial charge is 0.265 e. The number of carbonyl (C=O) groups is 2. The van der Waals surface area contributed by atoms with Crippen LogP contribution in [0, 0.1) is 6.92 Å². The van der Waals surface area contributed by atoms with E-state index in [0.717, 1.165) is 41.7 Å². The number of aromatic nitrogens is 4. The van der Waals surface area contributed by atoms with E-state index in [1.807, 2.05) is 37.3 Å². The number of aryl methyl sites for hydroxylation is 1. The number of pyridine rings is 1. The van der Waals surface area contributed by atoms with Crippen LogP contribution in [0.2, 0.25) is 0 Å². The number of methoxy groups -OCH3 is 1. The Morgan fingerprint density at radius 2 is 2.03 bits per heavy atom. The summed E-state index contributed by atoms with van der Waals surface area (Å²) in [4.78, 5) is 34.1. The van der Waals surface area contributed by atoms with Gasteiger partial charge in [-0.1, -0.05) is 42.5 Å². The van der Waals surface area contributed by atoms with Crippen LogP contribution in [0.3, 0.4) is 0 Å². The third kappa shape index (κ3) is 5.93. The first-order valence-corrected chi connectivity index (χ1v) is 12.8. The van der Waals surface area contributed by atoms with Crippen LogP contribution >= 0.6 is 11.5 Å². The molecule has 0 spiro atoms. The number of amides is 1. The minimum atomic E-state index is -0.450. The van der Waals surface area contributed by atoms with Gasteiger partial charge in [-0.05, 0) is 43.4 Å². The van der Waals surface area contributed by atoms with E-state index in [-0.39, 0.29) is 11.7 Å². The minimum Gasteiger partial charge on any atom is -0.480 e. The van der Waals surface area contributed by atoms with Crippen LogP contribution in [0.15, 0.2) is 40.9 Å². The number of ketones is 1. The first-order chi connectivity index (χ1) is 17.5. The second-order valence-electron chi connectivity index (χ2n) is 8.51. The van der Waals surface area contributed by atoms with Crippen LogP contribution in [0.1, 0.15) is 72.7 Å². The van der Waals surface area contributed by atoms with Crippen molar-refractivity contribution in [3.63, 3.8) is 0 Å². The molecule has 0 aliphatic carbocycles. The molecule has 0 bridgehead atoms. The zero-order valence-electron chi connectivity index (χ0n) is 20.6. The average Bonchev–Trinajstić information content (AvgIpc) is 3.56. The number of hydrogen-bond donors (Lipinski definition) is 1. The summed E-state index contributed by atoms with van der Waals surface area (Å²) in [6, 6.07) is 9.27. The molecule has 9 nitrogen and oxygen atoms in total. The molecule has 4 aromatic rings. The second-order valence-corrected chi connectivity index (χ2v) is 9.26. The summed E-state index contributed by atoms with van der Waals surface area (Å²) in [6.45, 7) is 3.63.